The second-order valence-electron chi connectivity index (χ2n) is 2.91. The molecule has 1 aromatic rings. The van der Waals surface area contributed by atoms with E-state index in [-0.39, 0.29) is 5.78 Å². The molecule has 0 aromatic heterocycles. The first-order valence-corrected chi connectivity index (χ1v) is 4.14. The van der Waals surface area contributed by atoms with Crippen molar-refractivity contribution in [3.05, 3.63) is 42.0 Å². The van der Waals surface area contributed by atoms with Gasteiger partial charge in [0.05, 0.1) is 0 Å². The minimum atomic E-state index is -0.00931. The SMILES string of the molecule is C=C(C)C(=O)c1ccccc1NC. The second kappa shape index (κ2) is 3.90. The largest absolute Gasteiger partial charge is 0.388 e. The molecule has 2 nitrogen and oxygen atoms in total. The monoisotopic (exact) mass is 175 g/mol. The molecule has 13 heavy (non-hydrogen) atoms. The number of nitrogens with one attached hydrogen (secondary N) is 1. The number of carbonyl (C=O) groups excluding carboxylic acids is 1. The highest BCUT2D eigenvalue weighted by Crippen LogP contribution is 2.17. The van der Waals surface area contributed by atoms with Gasteiger partial charge in [-0.2, -0.15) is 0 Å². The van der Waals surface area contributed by atoms with Crippen molar-refractivity contribution in [2.45, 2.75) is 6.92 Å². The normalized spacial score (nSPS) is 9.38. The minimum Gasteiger partial charge on any atom is -0.388 e. The van der Waals surface area contributed by atoms with Crippen LogP contribution in [0.15, 0.2) is 36.4 Å². The molecule has 0 unspecified atom stereocenters. The molecule has 0 fully saturated rings. The van der Waals surface area contributed by atoms with Crippen LogP contribution in [0, 0.1) is 0 Å². The van der Waals surface area contributed by atoms with Gasteiger partial charge in [-0.15, -0.1) is 0 Å². The number of rotatable bonds is 3. The van der Waals surface area contributed by atoms with Gasteiger partial charge in [0.25, 0.3) is 0 Å². The topological polar surface area (TPSA) is 29.1 Å². The summed E-state index contributed by atoms with van der Waals surface area (Å²) in [5.74, 6) is -0.00931. The molecule has 68 valence electrons. The molecule has 0 atom stereocenters. The molecule has 1 rings (SSSR count). The first-order chi connectivity index (χ1) is 6.16. The molecular weight excluding hydrogens is 162 g/mol. The molecule has 0 saturated carbocycles. The molecule has 1 N–H and O–H groups in total. The summed E-state index contributed by atoms with van der Waals surface area (Å²) in [4.78, 5) is 11.6. The van der Waals surface area contributed by atoms with E-state index in [1.807, 2.05) is 18.2 Å². The highest BCUT2D eigenvalue weighted by molar-refractivity contribution is 6.11. The van der Waals surface area contributed by atoms with Gasteiger partial charge in [-0.1, -0.05) is 18.7 Å². The van der Waals surface area contributed by atoms with Crippen LogP contribution in [0.25, 0.3) is 0 Å². The van der Waals surface area contributed by atoms with E-state index >= 15 is 0 Å². The van der Waals surface area contributed by atoms with Crippen LogP contribution >= 0.6 is 0 Å². The Morgan fingerprint density at radius 1 is 1.38 bits per heavy atom. The number of ketones is 1. The summed E-state index contributed by atoms with van der Waals surface area (Å²) < 4.78 is 0. The van der Waals surface area contributed by atoms with Gasteiger partial charge in [-0.3, -0.25) is 4.79 Å². The molecule has 0 aliphatic rings. The zero-order valence-electron chi connectivity index (χ0n) is 7.92. The summed E-state index contributed by atoms with van der Waals surface area (Å²) in [7, 11) is 1.80. The van der Waals surface area contributed by atoms with E-state index in [0.717, 1.165) is 5.69 Å². The number of carbonyl (C=O) groups is 1. The number of hydrogen-bond donors (Lipinski definition) is 1. The molecular formula is C11H13NO. The van der Waals surface area contributed by atoms with Gasteiger partial charge < -0.3 is 5.32 Å². The Hall–Kier alpha value is -1.57. The third-order valence-corrected chi connectivity index (χ3v) is 1.83. The van der Waals surface area contributed by atoms with Crippen LogP contribution in [0.5, 0.6) is 0 Å². The summed E-state index contributed by atoms with van der Waals surface area (Å²) in [5.41, 5.74) is 2.08. The maximum atomic E-state index is 11.6. The van der Waals surface area contributed by atoms with Crippen LogP contribution in [-0.4, -0.2) is 12.8 Å². The molecule has 0 aliphatic carbocycles. The number of hydrogen-bond acceptors (Lipinski definition) is 2. The lowest BCUT2D eigenvalue weighted by molar-refractivity contribution is 0.103. The van der Waals surface area contributed by atoms with Crippen molar-refractivity contribution in [3.8, 4) is 0 Å². The summed E-state index contributed by atoms with van der Waals surface area (Å²) in [5, 5.41) is 2.97. The van der Waals surface area contributed by atoms with Gasteiger partial charge in [0.15, 0.2) is 5.78 Å². The van der Waals surface area contributed by atoms with Gasteiger partial charge in [-0.05, 0) is 24.6 Å². The van der Waals surface area contributed by atoms with Crippen LogP contribution in [0.1, 0.15) is 17.3 Å². The maximum absolute atomic E-state index is 11.6. The standard InChI is InChI=1S/C11H13NO/c1-8(2)11(13)9-6-4-5-7-10(9)12-3/h4-7,12H,1H2,2-3H3. The Balaban J connectivity index is 3.13. The maximum Gasteiger partial charge on any atom is 0.190 e. The summed E-state index contributed by atoms with van der Waals surface area (Å²) in [6, 6.07) is 7.40. The third kappa shape index (κ3) is 1.96. The molecule has 0 radical (unpaired) electrons. The lowest BCUT2D eigenvalue weighted by Crippen LogP contribution is -2.03. The van der Waals surface area contributed by atoms with Gasteiger partial charge in [-0.25, -0.2) is 0 Å². The Kier molecular flexibility index (Phi) is 2.85. The second-order valence-corrected chi connectivity index (χ2v) is 2.91. The lowest BCUT2D eigenvalue weighted by Gasteiger charge is -2.06. The molecule has 0 spiro atoms. The van der Waals surface area contributed by atoms with Gasteiger partial charge in [0.2, 0.25) is 0 Å². The van der Waals surface area contributed by atoms with Crippen molar-refractivity contribution in [2.75, 3.05) is 12.4 Å². The average molecular weight is 175 g/mol. The van der Waals surface area contributed by atoms with Gasteiger partial charge in [0.1, 0.15) is 0 Å². The molecule has 0 heterocycles. The van der Waals surface area contributed by atoms with Crippen LogP contribution in [0.4, 0.5) is 5.69 Å². The fraction of sp³-hybridized carbons (Fsp3) is 0.182. The third-order valence-electron chi connectivity index (χ3n) is 1.83. The first kappa shape index (κ1) is 9.52. The Labute approximate surface area is 78.3 Å². The van der Waals surface area contributed by atoms with Crippen LogP contribution in [0.3, 0.4) is 0 Å². The Morgan fingerprint density at radius 2 is 2.00 bits per heavy atom. The molecule has 1 aromatic carbocycles. The van der Waals surface area contributed by atoms with Gasteiger partial charge in [0, 0.05) is 18.3 Å². The van der Waals surface area contributed by atoms with Crippen molar-refractivity contribution in [2.24, 2.45) is 0 Å². The molecule has 2 heteroatoms. The zero-order chi connectivity index (χ0) is 9.84. The minimum absolute atomic E-state index is 0.00931. The first-order valence-electron chi connectivity index (χ1n) is 4.14. The van der Waals surface area contributed by atoms with Crippen molar-refractivity contribution < 1.29 is 4.79 Å². The summed E-state index contributed by atoms with van der Waals surface area (Å²) in [6.07, 6.45) is 0. The number of para-hydroxylation sites is 1. The summed E-state index contributed by atoms with van der Waals surface area (Å²) >= 11 is 0. The van der Waals surface area contributed by atoms with Crippen molar-refractivity contribution in [1.29, 1.82) is 0 Å². The van der Waals surface area contributed by atoms with E-state index in [2.05, 4.69) is 11.9 Å². The Morgan fingerprint density at radius 3 is 2.54 bits per heavy atom. The van der Waals surface area contributed by atoms with E-state index < -0.39 is 0 Å². The fourth-order valence-electron chi connectivity index (χ4n) is 1.13. The van der Waals surface area contributed by atoms with E-state index in [4.69, 9.17) is 0 Å². The highest BCUT2D eigenvalue weighted by Gasteiger charge is 2.09. The van der Waals surface area contributed by atoms with Crippen LogP contribution in [0.2, 0.25) is 0 Å². The van der Waals surface area contributed by atoms with Crippen molar-refractivity contribution in [3.63, 3.8) is 0 Å². The van der Waals surface area contributed by atoms with E-state index in [0.29, 0.717) is 11.1 Å². The van der Waals surface area contributed by atoms with Crippen LogP contribution in [-0.2, 0) is 0 Å². The molecule has 0 aliphatic heterocycles. The number of anilines is 1. The molecule has 0 saturated heterocycles. The summed E-state index contributed by atoms with van der Waals surface area (Å²) in [6.45, 7) is 5.35. The van der Waals surface area contributed by atoms with Crippen molar-refractivity contribution in [1.82, 2.24) is 0 Å². The number of allylic oxidation sites excluding steroid dienone is 1. The average Bonchev–Trinajstić information content (AvgIpc) is 2.16. The smallest absolute Gasteiger partial charge is 0.190 e. The lowest BCUT2D eigenvalue weighted by atomic mass is 10.0. The quantitative estimate of drug-likeness (QED) is 0.565. The van der Waals surface area contributed by atoms with E-state index in [9.17, 15) is 4.79 Å². The predicted molar refractivity (Wildman–Crippen MR) is 55.1 cm³/mol. The molecule has 0 bridgehead atoms. The van der Waals surface area contributed by atoms with E-state index in [1.165, 1.54) is 0 Å². The van der Waals surface area contributed by atoms with Gasteiger partial charge >= 0.3 is 0 Å². The van der Waals surface area contributed by atoms with E-state index in [1.54, 1.807) is 20.0 Å². The molecule has 0 amide bonds. The number of Topliss-reactive ketones (excluding diaryl/α,β-unsaturated/α-hetero) is 1. The van der Waals surface area contributed by atoms with Crippen LogP contribution < -0.4 is 5.32 Å². The zero-order valence-corrected chi connectivity index (χ0v) is 7.92. The van der Waals surface area contributed by atoms with Crippen molar-refractivity contribution >= 4 is 11.5 Å². The fourth-order valence-corrected chi connectivity index (χ4v) is 1.13. The Bertz CT molecular complexity index is 342. The predicted octanol–water partition coefficient (Wildman–Crippen LogP) is 2.49. The highest BCUT2D eigenvalue weighted by atomic mass is 16.1. The number of benzene rings is 1.